The Kier molecular flexibility index (Phi) is 3.54. The van der Waals surface area contributed by atoms with Gasteiger partial charge >= 0.3 is 0 Å². The zero-order valence-corrected chi connectivity index (χ0v) is 12.7. The third-order valence-corrected chi connectivity index (χ3v) is 5.00. The van der Waals surface area contributed by atoms with Crippen LogP contribution in [0, 0.1) is 12.8 Å². The Bertz CT molecular complexity index is 510. The summed E-state index contributed by atoms with van der Waals surface area (Å²) in [6.45, 7) is 5.21. The van der Waals surface area contributed by atoms with Crippen molar-refractivity contribution in [2.24, 2.45) is 13.0 Å². The van der Waals surface area contributed by atoms with Crippen LogP contribution in [0.2, 0.25) is 0 Å². The summed E-state index contributed by atoms with van der Waals surface area (Å²) < 4.78 is 1.87. The number of piperidine rings is 2. The molecule has 3 heterocycles. The number of carbonyl (C=O) groups is 1. The van der Waals surface area contributed by atoms with Gasteiger partial charge in [0.1, 0.15) is 5.82 Å². The maximum atomic E-state index is 11.4. The van der Waals surface area contributed by atoms with Gasteiger partial charge in [-0.05, 0) is 45.7 Å². The van der Waals surface area contributed by atoms with Gasteiger partial charge in [0.15, 0.2) is 6.29 Å². The first-order chi connectivity index (χ1) is 9.61. The lowest BCUT2D eigenvalue weighted by Gasteiger charge is -2.46. The van der Waals surface area contributed by atoms with Crippen molar-refractivity contribution >= 4 is 12.1 Å². The summed E-state index contributed by atoms with van der Waals surface area (Å²) in [6, 6.07) is 0.717. The molecule has 0 N–H and O–H groups in total. The van der Waals surface area contributed by atoms with Crippen molar-refractivity contribution in [3.8, 4) is 0 Å². The van der Waals surface area contributed by atoms with Crippen molar-refractivity contribution in [1.29, 1.82) is 0 Å². The Morgan fingerprint density at radius 3 is 2.80 bits per heavy atom. The molecule has 0 bridgehead atoms. The molecule has 2 aliphatic heterocycles. The molecular formula is C15H24N4O. The summed E-state index contributed by atoms with van der Waals surface area (Å²) in [7, 11) is 4.19. The molecule has 2 saturated heterocycles. The molecule has 0 spiro atoms. The van der Waals surface area contributed by atoms with E-state index in [9.17, 15) is 4.79 Å². The van der Waals surface area contributed by atoms with Gasteiger partial charge in [-0.1, -0.05) is 0 Å². The van der Waals surface area contributed by atoms with Gasteiger partial charge in [0.25, 0.3) is 0 Å². The van der Waals surface area contributed by atoms with Crippen LogP contribution in [-0.4, -0.2) is 53.7 Å². The lowest BCUT2D eigenvalue weighted by Crippen LogP contribution is -2.53. The number of aldehydes is 1. The van der Waals surface area contributed by atoms with Crippen LogP contribution in [-0.2, 0) is 7.05 Å². The van der Waals surface area contributed by atoms with Crippen LogP contribution in [0.25, 0.3) is 0 Å². The van der Waals surface area contributed by atoms with E-state index in [0.29, 0.717) is 6.04 Å². The minimum Gasteiger partial charge on any atom is -0.356 e. The van der Waals surface area contributed by atoms with Crippen molar-refractivity contribution in [2.75, 3.05) is 31.6 Å². The van der Waals surface area contributed by atoms with Crippen LogP contribution in [0.5, 0.6) is 0 Å². The van der Waals surface area contributed by atoms with Crippen molar-refractivity contribution in [3.05, 3.63) is 11.3 Å². The lowest BCUT2D eigenvalue weighted by molar-refractivity contribution is 0.102. The number of rotatable bonds is 2. The molecule has 110 valence electrons. The topological polar surface area (TPSA) is 41.4 Å². The first-order valence-electron chi connectivity index (χ1n) is 7.55. The number of fused-ring (bicyclic) bond motifs is 1. The molecule has 2 fully saturated rings. The maximum Gasteiger partial charge on any atom is 0.155 e. The average molecular weight is 276 g/mol. The number of anilines is 1. The largest absolute Gasteiger partial charge is 0.356 e. The molecule has 1 aromatic heterocycles. The zero-order valence-electron chi connectivity index (χ0n) is 12.7. The van der Waals surface area contributed by atoms with Crippen molar-refractivity contribution in [1.82, 2.24) is 14.7 Å². The number of likely N-dealkylation sites (tertiary alicyclic amines) is 1. The van der Waals surface area contributed by atoms with E-state index in [1.165, 1.54) is 25.8 Å². The standard InChI is InChI=1S/C15H24N4O/c1-11-13(10-20)15(18(3)16-11)19-8-6-14-12(9-19)5-4-7-17(14)2/h10,12,14H,4-9H2,1-3H3. The van der Waals surface area contributed by atoms with E-state index in [2.05, 4.69) is 21.9 Å². The van der Waals surface area contributed by atoms with E-state index in [4.69, 9.17) is 0 Å². The molecule has 1 aromatic rings. The van der Waals surface area contributed by atoms with E-state index >= 15 is 0 Å². The van der Waals surface area contributed by atoms with E-state index in [1.807, 2.05) is 18.7 Å². The van der Waals surface area contributed by atoms with Crippen LogP contribution in [0.4, 0.5) is 5.82 Å². The van der Waals surface area contributed by atoms with Crippen molar-refractivity contribution < 1.29 is 4.79 Å². The molecule has 2 aliphatic rings. The normalized spacial score (nSPS) is 27.4. The number of hydrogen-bond donors (Lipinski definition) is 0. The highest BCUT2D eigenvalue weighted by Gasteiger charge is 2.35. The van der Waals surface area contributed by atoms with Gasteiger partial charge in [-0.2, -0.15) is 5.10 Å². The van der Waals surface area contributed by atoms with Gasteiger partial charge in [0, 0.05) is 26.2 Å². The summed E-state index contributed by atoms with van der Waals surface area (Å²) >= 11 is 0. The smallest absolute Gasteiger partial charge is 0.155 e. The molecule has 0 amide bonds. The van der Waals surface area contributed by atoms with Gasteiger partial charge in [0.2, 0.25) is 0 Å². The summed E-state index contributed by atoms with van der Waals surface area (Å²) in [5.41, 5.74) is 1.59. The van der Waals surface area contributed by atoms with E-state index in [-0.39, 0.29) is 0 Å². The molecule has 2 atom stereocenters. The highest BCUT2D eigenvalue weighted by molar-refractivity contribution is 5.84. The van der Waals surface area contributed by atoms with Gasteiger partial charge in [-0.3, -0.25) is 9.48 Å². The minimum absolute atomic E-state index is 0.717. The van der Waals surface area contributed by atoms with Crippen LogP contribution in [0.1, 0.15) is 35.3 Å². The first kappa shape index (κ1) is 13.6. The third kappa shape index (κ3) is 2.14. The highest BCUT2D eigenvalue weighted by atomic mass is 16.1. The molecule has 0 saturated carbocycles. The second-order valence-electron chi connectivity index (χ2n) is 6.25. The SMILES string of the molecule is Cc1nn(C)c(N2CCC3C(CCCN3C)C2)c1C=O. The first-order valence-corrected chi connectivity index (χ1v) is 7.55. The van der Waals surface area contributed by atoms with Crippen LogP contribution >= 0.6 is 0 Å². The fourth-order valence-corrected chi connectivity index (χ4v) is 4.02. The summed E-state index contributed by atoms with van der Waals surface area (Å²) in [5, 5.41) is 4.41. The summed E-state index contributed by atoms with van der Waals surface area (Å²) in [5.74, 6) is 1.72. The number of nitrogens with zero attached hydrogens (tertiary/aromatic N) is 4. The van der Waals surface area contributed by atoms with Gasteiger partial charge in [-0.25, -0.2) is 0 Å². The van der Waals surface area contributed by atoms with Gasteiger partial charge in [-0.15, -0.1) is 0 Å². The van der Waals surface area contributed by atoms with Gasteiger partial charge < -0.3 is 9.80 Å². The van der Waals surface area contributed by atoms with Crippen molar-refractivity contribution in [2.45, 2.75) is 32.2 Å². The van der Waals surface area contributed by atoms with Crippen LogP contribution in [0.3, 0.4) is 0 Å². The molecular weight excluding hydrogens is 252 g/mol. The Hall–Kier alpha value is -1.36. The molecule has 0 aliphatic carbocycles. The number of hydrogen-bond acceptors (Lipinski definition) is 4. The Balaban J connectivity index is 1.84. The predicted octanol–water partition coefficient (Wildman–Crippen LogP) is 1.46. The minimum atomic E-state index is 0.717. The molecule has 5 nitrogen and oxygen atoms in total. The monoisotopic (exact) mass is 276 g/mol. The summed E-state index contributed by atoms with van der Waals surface area (Å²) in [4.78, 5) is 16.2. The molecule has 20 heavy (non-hydrogen) atoms. The van der Waals surface area contributed by atoms with E-state index in [1.54, 1.807) is 0 Å². The fourth-order valence-electron chi connectivity index (χ4n) is 4.02. The molecule has 0 aromatic carbocycles. The van der Waals surface area contributed by atoms with E-state index in [0.717, 1.165) is 42.4 Å². The predicted molar refractivity (Wildman–Crippen MR) is 79.3 cm³/mol. The van der Waals surface area contributed by atoms with Crippen molar-refractivity contribution in [3.63, 3.8) is 0 Å². The van der Waals surface area contributed by atoms with E-state index < -0.39 is 0 Å². The quantitative estimate of drug-likeness (QED) is 0.767. The second-order valence-corrected chi connectivity index (χ2v) is 6.25. The number of aromatic nitrogens is 2. The number of carbonyl (C=O) groups excluding carboxylic acids is 1. The van der Waals surface area contributed by atoms with Gasteiger partial charge in [0.05, 0.1) is 11.3 Å². The van der Waals surface area contributed by atoms with Crippen LogP contribution in [0.15, 0.2) is 0 Å². The van der Waals surface area contributed by atoms with Crippen LogP contribution < -0.4 is 4.90 Å². The third-order valence-electron chi connectivity index (χ3n) is 5.00. The Labute approximate surface area is 120 Å². The summed E-state index contributed by atoms with van der Waals surface area (Å²) in [6.07, 6.45) is 4.73. The Morgan fingerprint density at radius 1 is 1.25 bits per heavy atom. The fraction of sp³-hybridized carbons (Fsp3) is 0.733. The molecule has 3 rings (SSSR count). The highest BCUT2D eigenvalue weighted by Crippen LogP contribution is 2.33. The Morgan fingerprint density at radius 2 is 2.05 bits per heavy atom. The second kappa shape index (κ2) is 5.20. The maximum absolute atomic E-state index is 11.4. The molecule has 5 heteroatoms. The molecule has 0 radical (unpaired) electrons. The molecule has 2 unspecified atom stereocenters. The average Bonchev–Trinajstić information content (AvgIpc) is 2.72. The number of aryl methyl sites for hydroxylation is 2. The lowest BCUT2D eigenvalue weighted by atomic mass is 9.84. The zero-order chi connectivity index (χ0) is 14.3.